The highest BCUT2D eigenvalue weighted by Crippen LogP contribution is 2.57. The van der Waals surface area contributed by atoms with Crippen LogP contribution in [-0.2, 0) is 26.2 Å². The van der Waals surface area contributed by atoms with Crippen LogP contribution in [0.5, 0.6) is 23.0 Å². The number of hydrogen-bond acceptors (Lipinski definition) is 6. The molecule has 10 heteroatoms. The van der Waals surface area contributed by atoms with Gasteiger partial charge in [-0.3, -0.25) is 19.6 Å². The molecule has 0 aliphatic carbocycles. The van der Waals surface area contributed by atoms with Gasteiger partial charge >= 0.3 is 12.1 Å². The molecule has 2 saturated heterocycles. The number of carbonyl (C=O) groups excluding carboxylic acids is 2. The molecule has 10 nitrogen and oxygen atoms in total. The van der Waals surface area contributed by atoms with Gasteiger partial charge in [0.25, 0.3) is 0 Å². The van der Waals surface area contributed by atoms with Gasteiger partial charge in [0.1, 0.15) is 23.0 Å². The van der Waals surface area contributed by atoms with Crippen molar-refractivity contribution in [3.05, 3.63) is 70.8 Å². The van der Waals surface area contributed by atoms with Crippen molar-refractivity contribution in [1.82, 2.24) is 19.6 Å². The lowest BCUT2D eigenvalue weighted by Crippen LogP contribution is -2.64. The van der Waals surface area contributed by atoms with Crippen LogP contribution >= 0.6 is 0 Å². The standard InChI is InChI=1S/C30H26N4O6/c1-29-30(2)33-13-19-23(37)9-5-16-6-10-24(38)20(26(16)19)14-34(30)28(40)32(29)12-18-22(36)8-4-15-3-7-21(35)17(25(15)18)11-31(29)27(33)39/h3-10,35-38H,11-14H2,1-2H3/t29-,30+. The van der Waals surface area contributed by atoms with Crippen LogP contribution in [0.15, 0.2) is 48.5 Å². The Balaban J connectivity index is 1.43. The molecule has 4 aliphatic rings. The van der Waals surface area contributed by atoms with Crippen LogP contribution in [0.1, 0.15) is 36.1 Å². The number of aromatic hydroxyl groups is 4. The van der Waals surface area contributed by atoms with Crippen LogP contribution in [0.2, 0.25) is 0 Å². The third-order valence-corrected chi connectivity index (χ3v) is 9.89. The Morgan fingerprint density at radius 3 is 1.00 bits per heavy atom. The van der Waals surface area contributed by atoms with Crippen molar-refractivity contribution in [3.8, 4) is 23.0 Å². The molecule has 0 spiro atoms. The second-order valence-corrected chi connectivity index (χ2v) is 11.4. The van der Waals surface area contributed by atoms with Crippen molar-refractivity contribution in [3.63, 3.8) is 0 Å². The van der Waals surface area contributed by atoms with E-state index in [1.54, 1.807) is 68.1 Å². The van der Waals surface area contributed by atoms with Crippen LogP contribution in [-0.4, -0.2) is 63.4 Å². The molecule has 0 saturated carbocycles. The first-order valence-corrected chi connectivity index (χ1v) is 13.2. The van der Waals surface area contributed by atoms with Gasteiger partial charge in [0.05, 0.1) is 26.2 Å². The Morgan fingerprint density at radius 2 is 0.750 bits per heavy atom. The summed E-state index contributed by atoms with van der Waals surface area (Å²) in [7, 11) is 0. The smallest absolute Gasteiger partial charge is 0.324 e. The topological polar surface area (TPSA) is 128 Å². The number of amides is 4. The first kappa shape index (κ1) is 23.1. The quantitative estimate of drug-likeness (QED) is 0.262. The summed E-state index contributed by atoms with van der Waals surface area (Å²) in [6.07, 6.45) is 0. The summed E-state index contributed by atoms with van der Waals surface area (Å²) in [5, 5.41) is 46.8. The van der Waals surface area contributed by atoms with Gasteiger partial charge in [0.2, 0.25) is 0 Å². The van der Waals surface area contributed by atoms with Crippen LogP contribution in [0, 0.1) is 0 Å². The molecule has 2 fully saturated rings. The molecule has 0 bridgehead atoms. The highest BCUT2D eigenvalue weighted by molar-refractivity contribution is 5.97. The van der Waals surface area contributed by atoms with Crippen molar-refractivity contribution in [2.75, 3.05) is 0 Å². The minimum Gasteiger partial charge on any atom is -0.508 e. The molecule has 4 heterocycles. The zero-order chi connectivity index (χ0) is 27.9. The molecule has 4 aromatic carbocycles. The number of phenolic OH excluding ortho intramolecular Hbond substituents is 4. The zero-order valence-corrected chi connectivity index (χ0v) is 21.8. The Hall–Kier alpha value is -4.86. The van der Waals surface area contributed by atoms with Crippen molar-refractivity contribution >= 4 is 33.6 Å². The predicted octanol–water partition coefficient (Wildman–Crippen LogP) is 4.45. The Labute approximate surface area is 228 Å². The van der Waals surface area contributed by atoms with Crippen LogP contribution in [0.25, 0.3) is 21.5 Å². The van der Waals surface area contributed by atoms with E-state index in [1.165, 1.54) is 0 Å². The molecule has 0 unspecified atom stereocenters. The second-order valence-electron chi connectivity index (χ2n) is 11.4. The molecule has 8 rings (SSSR count). The normalized spacial score (nSPS) is 24.9. The van der Waals surface area contributed by atoms with E-state index in [4.69, 9.17) is 0 Å². The van der Waals surface area contributed by atoms with Crippen molar-refractivity contribution in [1.29, 1.82) is 0 Å². The molecule has 4 N–H and O–H groups in total. The van der Waals surface area contributed by atoms with E-state index in [1.807, 2.05) is 13.8 Å². The van der Waals surface area contributed by atoms with E-state index < -0.39 is 11.3 Å². The fourth-order valence-electron chi connectivity index (χ4n) is 7.60. The molecule has 0 radical (unpaired) electrons. The Bertz CT molecular complexity index is 1620. The number of phenols is 4. The number of hydrogen-bond donors (Lipinski definition) is 4. The maximum atomic E-state index is 14.4. The largest absolute Gasteiger partial charge is 0.508 e. The van der Waals surface area contributed by atoms with E-state index in [2.05, 4.69) is 0 Å². The summed E-state index contributed by atoms with van der Waals surface area (Å²) in [4.78, 5) is 35.3. The molecular weight excluding hydrogens is 512 g/mol. The first-order valence-electron chi connectivity index (χ1n) is 13.2. The van der Waals surface area contributed by atoms with Crippen LogP contribution < -0.4 is 0 Å². The minimum absolute atomic E-state index is 0.00501. The molecular formula is C30H26N4O6. The molecule has 0 aromatic heterocycles. The van der Waals surface area contributed by atoms with Crippen molar-refractivity contribution in [2.45, 2.75) is 51.4 Å². The minimum atomic E-state index is -1.23. The number of rotatable bonds is 0. The summed E-state index contributed by atoms with van der Waals surface area (Å²) in [6, 6.07) is 12.6. The Morgan fingerprint density at radius 1 is 0.500 bits per heavy atom. The van der Waals surface area contributed by atoms with Gasteiger partial charge in [-0.05, 0) is 59.7 Å². The second kappa shape index (κ2) is 7.01. The average Bonchev–Trinajstić information content (AvgIpc) is 3.15. The monoisotopic (exact) mass is 538 g/mol. The summed E-state index contributed by atoms with van der Waals surface area (Å²) < 4.78 is 0. The van der Waals surface area contributed by atoms with Gasteiger partial charge in [0.15, 0.2) is 11.3 Å². The van der Waals surface area contributed by atoms with Gasteiger partial charge in [-0.1, -0.05) is 24.3 Å². The third kappa shape index (κ3) is 2.37. The first-order chi connectivity index (χ1) is 19.1. The summed E-state index contributed by atoms with van der Waals surface area (Å²) in [6.45, 7) is 3.64. The highest BCUT2D eigenvalue weighted by atomic mass is 16.3. The number of urea groups is 2. The van der Waals surface area contributed by atoms with Gasteiger partial charge in [0, 0.05) is 22.3 Å². The SMILES string of the molecule is C[C@]12N3Cc4c(O)ccc5ccc(O)c(c45)CN1C(=O)N1Cc4c(O)ccc5ccc(O)c(c45)CN(C3=O)[C@]12C. The van der Waals surface area contributed by atoms with Gasteiger partial charge in [-0.15, -0.1) is 0 Å². The van der Waals surface area contributed by atoms with E-state index in [-0.39, 0.29) is 61.2 Å². The zero-order valence-electron chi connectivity index (χ0n) is 21.8. The van der Waals surface area contributed by atoms with Gasteiger partial charge < -0.3 is 20.4 Å². The van der Waals surface area contributed by atoms with E-state index in [0.717, 1.165) is 10.8 Å². The van der Waals surface area contributed by atoms with E-state index >= 15 is 0 Å². The number of nitrogens with zero attached hydrogens (tertiary/aromatic N) is 4. The summed E-state index contributed by atoms with van der Waals surface area (Å²) >= 11 is 0. The number of benzene rings is 4. The van der Waals surface area contributed by atoms with Crippen LogP contribution in [0.3, 0.4) is 0 Å². The molecule has 40 heavy (non-hydrogen) atoms. The molecule has 202 valence electrons. The maximum Gasteiger partial charge on any atom is 0.324 e. The van der Waals surface area contributed by atoms with Crippen molar-refractivity contribution < 1.29 is 30.0 Å². The molecule has 0 atom stereocenters. The lowest BCUT2D eigenvalue weighted by molar-refractivity contribution is -0.0505. The summed E-state index contributed by atoms with van der Waals surface area (Å²) in [5.41, 5.74) is -0.494. The van der Waals surface area contributed by atoms with Gasteiger partial charge in [-0.25, -0.2) is 9.59 Å². The van der Waals surface area contributed by atoms with Crippen LogP contribution in [0.4, 0.5) is 9.59 Å². The predicted molar refractivity (Wildman–Crippen MR) is 144 cm³/mol. The molecule has 4 aliphatic heterocycles. The van der Waals surface area contributed by atoms with Crippen molar-refractivity contribution in [2.24, 2.45) is 0 Å². The Kier molecular flexibility index (Phi) is 4.04. The molecule has 4 aromatic rings. The lowest BCUT2D eigenvalue weighted by atomic mass is 9.88. The number of carbonyl (C=O) groups is 2. The summed E-state index contributed by atoms with van der Waals surface area (Å²) in [5.74, 6) is -0.0200. The maximum absolute atomic E-state index is 14.4. The van der Waals surface area contributed by atoms with E-state index in [0.29, 0.717) is 33.0 Å². The molecule has 4 amide bonds. The van der Waals surface area contributed by atoms with Gasteiger partial charge in [-0.2, -0.15) is 0 Å². The third-order valence-electron chi connectivity index (χ3n) is 9.89. The average molecular weight is 539 g/mol. The lowest BCUT2D eigenvalue weighted by Gasteiger charge is -2.47. The fourth-order valence-corrected chi connectivity index (χ4v) is 7.60. The highest BCUT2D eigenvalue weighted by Gasteiger charge is 2.74. The fraction of sp³-hybridized carbons (Fsp3) is 0.267. The van der Waals surface area contributed by atoms with E-state index in [9.17, 15) is 30.0 Å².